The van der Waals surface area contributed by atoms with Crippen LogP contribution in [0.3, 0.4) is 0 Å². The standard InChI is InChI=1S/C12H23N/c1-2-10-9-12(10,13)11-7-5-3-4-6-8-11/h10-11H,2-9,13H2,1H3. The minimum atomic E-state index is 0.277. The van der Waals surface area contributed by atoms with Crippen molar-refractivity contribution in [1.29, 1.82) is 0 Å². The van der Waals surface area contributed by atoms with Crippen molar-refractivity contribution in [3.05, 3.63) is 0 Å². The molecule has 2 fully saturated rings. The average molecular weight is 181 g/mol. The lowest BCUT2D eigenvalue weighted by Crippen LogP contribution is -2.34. The molecule has 0 aromatic rings. The molecule has 2 rings (SSSR count). The summed E-state index contributed by atoms with van der Waals surface area (Å²) in [6.07, 6.45) is 11.2. The van der Waals surface area contributed by atoms with Crippen molar-refractivity contribution >= 4 is 0 Å². The molecule has 2 unspecified atom stereocenters. The summed E-state index contributed by atoms with van der Waals surface area (Å²) >= 11 is 0. The van der Waals surface area contributed by atoms with Crippen LogP contribution in [0.15, 0.2) is 0 Å². The number of rotatable bonds is 2. The summed E-state index contributed by atoms with van der Waals surface area (Å²) in [4.78, 5) is 0. The van der Waals surface area contributed by atoms with Gasteiger partial charge in [0, 0.05) is 5.54 Å². The summed E-state index contributed by atoms with van der Waals surface area (Å²) in [5.74, 6) is 1.72. The first-order chi connectivity index (χ1) is 6.27. The molecule has 0 radical (unpaired) electrons. The van der Waals surface area contributed by atoms with E-state index in [4.69, 9.17) is 5.73 Å². The molecule has 2 N–H and O–H groups in total. The fraction of sp³-hybridized carbons (Fsp3) is 1.00. The SMILES string of the molecule is CCC1CC1(N)C1CCCCCC1. The molecule has 2 saturated carbocycles. The van der Waals surface area contributed by atoms with E-state index in [1.807, 2.05) is 0 Å². The molecule has 0 bridgehead atoms. The van der Waals surface area contributed by atoms with Crippen LogP contribution in [0.4, 0.5) is 0 Å². The Morgan fingerprint density at radius 1 is 1.15 bits per heavy atom. The van der Waals surface area contributed by atoms with Gasteiger partial charge >= 0.3 is 0 Å². The van der Waals surface area contributed by atoms with Crippen molar-refractivity contribution in [2.24, 2.45) is 17.6 Å². The predicted octanol–water partition coefficient (Wildman–Crippen LogP) is 3.08. The van der Waals surface area contributed by atoms with E-state index in [9.17, 15) is 0 Å². The molecule has 1 heteroatoms. The molecule has 0 aromatic carbocycles. The maximum Gasteiger partial charge on any atom is 0.0215 e. The Kier molecular flexibility index (Phi) is 2.64. The maximum atomic E-state index is 6.45. The van der Waals surface area contributed by atoms with Crippen LogP contribution >= 0.6 is 0 Å². The fourth-order valence-electron chi connectivity index (χ4n) is 3.21. The molecule has 2 atom stereocenters. The highest BCUT2D eigenvalue weighted by Crippen LogP contribution is 2.52. The molecule has 0 spiro atoms. The Bertz CT molecular complexity index is 170. The van der Waals surface area contributed by atoms with E-state index in [1.165, 1.54) is 51.4 Å². The van der Waals surface area contributed by atoms with Crippen molar-refractivity contribution in [2.75, 3.05) is 0 Å². The monoisotopic (exact) mass is 181 g/mol. The molecule has 76 valence electrons. The second kappa shape index (κ2) is 3.61. The van der Waals surface area contributed by atoms with Gasteiger partial charge in [-0.3, -0.25) is 0 Å². The summed E-state index contributed by atoms with van der Waals surface area (Å²) in [6.45, 7) is 2.29. The summed E-state index contributed by atoms with van der Waals surface area (Å²) in [5, 5.41) is 0. The van der Waals surface area contributed by atoms with E-state index in [1.54, 1.807) is 0 Å². The minimum Gasteiger partial charge on any atom is -0.325 e. The molecule has 13 heavy (non-hydrogen) atoms. The number of hydrogen-bond donors (Lipinski definition) is 1. The smallest absolute Gasteiger partial charge is 0.0215 e. The summed E-state index contributed by atoms with van der Waals surface area (Å²) in [6, 6.07) is 0. The van der Waals surface area contributed by atoms with Gasteiger partial charge in [-0.1, -0.05) is 39.0 Å². The molecule has 2 aliphatic rings. The van der Waals surface area contributed by atoms with Crippen LogP contribution in [0.2, 0.25) is 0 Å². The van der Waals surface area contributed by atoms with E-state index in [0.717, 1.165) is 11.8 Å². The van der Waals surface area contributed by atoms with Crippen molar-refractivity contribution in [3.63, 3.8) is 0 Å². The Balaban J connectivity index is 1.92. The van der Waals surface area contributed by atoms with E-state index < -0.39 is 0 Å². The van der Waals surface area contributed by atoms with Gasteiger partial charge in [0.25, 0.3) is 0 Å². The van der Waals surface area contributed by atoms with Gasteiger partial charge in [0.2, 0.25) is 0 Å². The minimum absolute atomic E-state index is 0.277. The van der Waals surface area contributed by atoms with Crippen LogP contribution in [0.25, 0.3) is 0 Å². The fourth-order valence-corrected chi connectivity index (χ4v) is 3.21. The number of hydrogen-bond acceptors (Lipinski definition) is 1. The van der Waals surface area contributed by atoms with Gasteiger partial charge in [0.1, 0.15) is 0 Å². The first-order valence-corrected chi connectivity index (χ1v) is 6.06. The first-order valence-electron chi connectivity index (χ1n) is 6.06. The van der Waals surface area contributed by atoms with Crippen LogP contribution in [-0.2, 0) is 0 Å². The third kappa shape index (κ3) is 1.76. The summed E-state index contributed by atoms with van der Waals surface area (Å²) in [5.41, 5.74) is 6.72. The van der Waals surface area contributed by atoms with Gasteiger partial charge in [-0.25, -0.2) is 0 Å². The molecule has 2 aliphatic carbocycles. The lowest BCUT2D eigenvalue weighted by atomic mass is 9.88. The van der Waals surface area contributed by atoms with Crippen molar-refractivity contribution in [1.82, 2.24) is 0 Å². The molecule has 0 aliphatic heterocycles. The van der Waals surface area contributed by atoms with E-state index in [0.29, 0.717) is 0 Å². The highest BCUT2D eigenvalue weighted by molar-refractivity contribution is 5.11. The van der Waals surface area contributed by atoms with E-state index in [2.05, 4.69) is 6.92 Å². The third-order valence-corrected chi connectivity index (χ3v) is 4.31. The zero-order valence-corrected chi connectivity index (χ0v) is 8.89. The largest absolute Gasteiger partial charge is 0.325 e. The quantitative estimate of drug-likeness (QED) is 0.651. The number of nitrogens with two attached hydrogens (primary N) is 1. The molecule has 1 nitrogen and oxygen atoms in total. The topological polar surface area (TPSA) is 26.0 Å². The van der Waals surface area contributed by atoms with E-state index >= 15 is 0 Å². The van der Waals surface area contributed by atoms with Crippen LogP contribution < -0.4 is 5.73 Å². The van der Waals surface area contributed by atoms with Crippen molar-refractivity contribution in [3.8, 4) is 0 Å². The lowest BCUT2D eigenvalue weighted by molar-refractivity contribution is 0.334. The van der Waals surface area contributed by atoms with Gasteiger partial charge in [0.15, 0.2) is 0 Å². The lowest BCUT2D eigenvalue weighted by Gasteiger charge is -2.23. The Hall–Kier alpha value is -0.0400. The van der Waals surface area contributed by atoms with Gasteiger partial charge < -0.3 is 5.73 Å². The normalized spacial score (nSPS) is 41.5. The Labute approximate surface area is 82.1 Å². The molecular weight excluding hydrogens is 158 g/mol. The predicted molar refractivity (Wildman–Crippen MR) is 56.5 cm³/mol. The van der Waals surface area contributed by atoms with Crippen LogP contribution in [0.1, 0.15) is 58.3 Å². The maximum absolute atomic E-state index is 6.45. The van der Waals surface area contributed by atoms with E-state index in [-0.39, 0.29) is 5.54 Å². The van der Waals surface area contributed by atoms with Gasteiger partial charge in [-0.05, 0) is 31.1 Å². The average Bonchev–Trinajstić information content (AvgIpc) is 2.84. The highest BCUT2D eigenvalue weighted by atomic mass is 14.9. The molecular formula is C12H23N. The molecule has 0 heterocycles. The van der Waals surface area contributed by atoms with Gasteiger partial charge in [-0.15, -0.1) is 0 Å². The zero-order chi connectivity index (χ0) is 9.31. The Morgan fingerprint density at radius 2 is 1.77 bits per heavy atom. The highest BCUT2D eigenvalue weighted by Gasteiger charge is 2.53. The second-order valence-corrected chi connectivity index (χ2v) is 5.11. The van der Waals surface area contributed by atoms with Crippen molar-refractivity contribution < 1.29 is 0 Å². The molecule has 0 saturated heterocycles. The summed E-state index contributed by atoms with van der Waals surface area (Å²) < 4.78 is 0. The van der Waals surface area contributed by atoms with Crippen LogP contribution in [0.5, 0.6) is 0 Å². The Morgan fingerprint density at radius 3 is 2.23 bits per heavy atom. The summed E-state index contributed by atoms with van der Waals surface area (Å²) in [7, 11) is 0. The van der Waals surface area contributed by atoms with Gasteiger partial charge in [-0.2, -0.15) is 0 Å². The zero-order valence-electron chi connectivity index (χ0n) is 8.89. The van der Waals surface area contributed by atoms with Crippen LogP contribution in [-0.4, -0.2) is 5.54 Å². The third-order valence-electron chi connectivity index (χ3n) is 4.31. The second-order valence-electron chi connectivity index (χ2n) is 5.11. The van der Waals surface area contributed by atoms with Crippen LogP contribution in [0, 0.1) is 11.8 Å². The van der Waals surface area contributed by atoms with Gasteiger partial charge in [0.05, 0.1) is 0 Å². The first kappa shape index (κ1) is 9.51. The molecule has 0 amide bonds. The molecule has 0 aromatic heterocycles. The van der Waals surface area contributed by atoms with Crippen molar-refractivity contribution in [2.45, 2.75) is 63.8 Å².